The molecule has 0 heterocycles. The smallest absolute Gasteiger partial charge is 0.119 e. The second-order valence-electron chi connectivity index (χ2n) is 4.74. The molecule has 3 aromatic carbocycles. The van der Waals surface area contributed by atoms with Gasteiger partial charge in [0.2, 0.25) is 0 Å². The highest BCUT2D eigenvalue weighted by atomic mass is 79.9. The molecular formula is C18H15BrO. The minimum Gasteiger partial charge on any atom is -0.493 e. The van der Waals surface area contributed by atoms with E-state index < -0.39 is 0 Å². The van der Waals surface area contributed by atoms with Crippen LogP contribution in [0.4, 0.5) is 0 Å². The lowest BCUT2D eigenvalue weighted by Gasteiger charge is -2.07. The second-order valence-corrected chi connectivity index (χ2v) is 5.65. The van der Waals surface area contributed by atoms with Crippen molar-refractivity contribution in [1.29, 1.82) is 0 Å². The fraction of sp³-hybridized carbons (Fsp3) is 0.111. The molecule has 0 aliphatic carbocycles. The summed E-state index contributed by atoms with van der Waals surface area (Å²) in [7, 11) is 0. The summed E-state index contributed by atoms with van der Waals surface area (Å²) < 4.78 is 6.94. The van der Waals surface area contributed by atoms with E-state index in [-0.39, 0.29) is 0 Å². The Kier molecular flexibility index (Phi) is 4.03. The second kappa shape index (κ2) is 6.10. The van der Waals surface area contributed by atoms with Gasteiger partial charge >= 0.3 is 0 Å². The molecule has 0 aliphatic rings. The molecule has 0 saturated carbocycles. The zero-order valence-corrected chi connectivity index (χ0v) is 12.6. The molecule has 20 heavy (non-hydrogen) atoms. The van der Waals surface area contributed by atoms with Crippen molar-refractivity contribution in [1.82, 2.24) is 0 Å². The lowest BCUT2D eigenvalue weighted by Crippen LogP contribution is -2.01. The van der Waals surface area contributed by atoms with Gasteiger partial charge in [0.15, 0.2) is 0 Å². The van der Waals surface area contributed by atoms with E-state index in [4.69, 9.17) is 4.74 Å². The summed E-state index contributed by atoms with van der Waals surface area (Å²) in [6.07, 6.45) is 0.930. The third-order valence-electron chi connectivity index (χ3n) is 3.28. The third-order valence-corrected chi connectivity index (χ3v) is 3.77. The zero-order chi connectivity index (χ0) is 13.8. The van der Waals surface area contributed by atoms with Gasteiger partial charge in [-0.2, -0.15) is 0 Å². The van der Waals surface area contributed by atoms with Crippen molar-refractivity contribution in [2.75, 3.05) is 6.61 Å². The predicted octanol–water partition coefficient (Wildman–Crippen LogP) is 5.22. The van der Waals surface area contributed by atoms with Crippen LogP contribution in [0.25, 0.3) is 10.8 Å². The SMILES string of the molecule is Brc1ccc2cc(OCCc3ccccc3)ccc2c1. The minimum atomic E-state index is 0.700. The van der Waals surface area contributed by atoms with Gasteiger partial charge in [-0.25, -0.2) is 0 Å². The Hall–Kier alpha value is -1.80. The van der Waals surface area contributed by atoms with Gasteiger partial charge in [-0.1, -0.05) is 58.4 Å². The fourth-order valence-corrected chi connectivity index (χ4v) is 2.59. The molecule has 3 aromatic rings. The van der Waals surface area contributed by atoms with E-state index in [2.05, 4.69) is 70.5 Å². The van der Waals surface area contributed by atoms with Crippen LogP contribution in [0.3, 0.4) is 0 Å². The van der Waals surface area contributed by atoms with E-state index in [1.165, 1.54) is 16.3 Å². The lowest BCUT2D eigenvalue weighted by atomic mass is 10.1. The summed E-state index contributed by atoms with van der Waals surface area (Å²) in [6.45, 7) is 0.700. The van der Waals surface area contributed by atoms with Gasteiger partial charge in [-0.15, -0.1) is 0 Å². The molecule has 0 radical (unpaired) electrons. The molecule has 3 rings (SSSR count). The highest BCUT2D eigenvalue weighted by Gasteiger charge is 1.99. The largest absolute Gasteiger partial charge is 0.493 e. The number of hydrogen-bond donors (Lipinski definition) is 0. The minimum absolute atomic E-state index is 0.700. The average molecular weight is 327 g/mol. The first-order valence-corrected chi connectivity index (χ1v) is 7.47. The van der Waals surface area contributed by atoms with Crippen LogP contribution in [0.5, 0.6) is 5.75 Å². The molecule has 0 bridgehead atoms. The van der Waals surface area contributed by atoms with Gasteiger partial charge in [0, 0.05) is 10.9 Å². The van der Waals surface area contributed by atoms with E-state index in [0.29, 0.717) is 6.61 Å². The standard InChI is InChI=1S/C18H15BrO/c19-17-8-6-16-13-18(9-7-15(16)12-17)20-11-10-14-4-2-1-3-5-14/h1-9,12-13H,10-11H2. The lowest BCUT2D eigenvalue weighted by molar-refractivity contribution is 0.322. The van der Waals surface area contributed by atoms with Gasteiger partial charge < -0.3 is 4.74 Å². The number of benzene rings is 3. The summed E-state index contributed by atoms with van der Waals surface area (Å²) in [4.78, 5) is 0. The maximum absolute atomic E-state index is 5.84. The van der Waals surface area contributed by atoms with E-state index in [9.17, 15) is 0 Å². The highest BCUT2D eigenvalue weighted by molar-refractivity contribution is 9.10. The van der Waals surface area contributed by atoms with E-state index in [1.54, 1.807) is 0 Å². The Balaban J connectivity index is 1.67. The molecule has 100 valence electrons. The van der Waals surface area contributed by atoms with Crippen molar-refractivity contribution < 1.29 is 4.74 Å². The molecule has 2 heteroatoms. The number of ether oxygens (including phenoxy) is 1. The van der Waals surface area contributed by atoms with Crippen LogP contribution in [-0.2, 0) is 6.42 Å². The average Bonchev–Trinajstić information content (AvgIpc) is 2.48. The molecule has 0 unspecified atom stereocenters. The van der Waals surface area contributed by atoms with E-state index in [1.807, 2.05) is 12.1 Å². The van der Waals surface area contributed by atoms with E-state index in [0.717, 1.165) is 16.6 Å². The summed E-state index contributed by atoms with van der Waals surface area (Å²) in [5, 5.41) is 2.42. The van der Waals surface area contributed by atoms with Gasteiger partial charge in [-0.3, -0.25) is 0 Å². The van der Waals surface area contributed by atoms with Crippen molar-refractivity contribution in [2.24, 2.45) is 0 Å². The van der Waals surface area contributed by atoms with Crippen molar-refractivity contribution >= 4 is 26.7 Å². The Bertz CT molecular complexity index is 707. The summed E-state index contributed by atoms with van der Waals surface area (Å²) in [6, 6.07) is 22.9. The monoisotopic (exact) mass is 326 g/mol. The number of rotatable bonds is 4. The molecule has 0 N–H and O–H groups in total. The first-order chi connectivity index (χ1) is 9.81. The number of halogens is 1. The summed E-state index contributed by atoms with van der Waals surface area (Å²) in [5.41, 5.74) is 1.30. The molecular weight excluding hydrogens is 312 g/mol. The highest BCUT2D eigenvalue weighted by Crippen LogP contribution is 2.24. The van der Waals surface area contributed by atoms with Crippen LogP contribution in [0.15, 0.2) is 71.2 Å². The van der Waals surface area contributed by atoms with Crippen LogP contribution in [-0.4, -0.2) is 6.61 Å². The molecule has 0 aromatic heterocycles. The Morgan fingerprint density at radius 1 is 0.800 bits per heavy atom. The third kappa shape index (κ3) is 3.20. The molecule has 0 spiro atoms. The topological polar surface area (TPSA) is 9.23 Å². The summed E-state index contributed by atoms with van der Waals surface area (Å²) >= 11 is 3.49. The van der Waals surface area contributed by atoms with Crippen LogP contribution in [0.1, 0.15) is 5.56 Å². The number of hydrogen-bond acceptors (Lipinski definition) is 1. The molecule has 0 amide bonds. The first-order valence-electron chi connectivity index (χ1n) is 6.67. The Labute approximate surface area is 127 Å². The Morgan fingerprint density at radius 2 is 1.55 bits per heavy atom. The van der Waals surface area contributed by atoms with Crippen LogP contribution in [0, 0.1) is 0 Å². The maximum atomic E-state index is 5.84. The normalized spacial score (nSPS) is 10.7. The fourth-order valence-electron chi connectivity index (χ4n) is 2.22. The summed E-state index contributed by atoms with van der Waals surface area (Å²) in [5.74, 6) is 0.927. The van der Waals surface area contributed by atoms with Crippen molar-refractivity contribution in [3.05, 3.63) is 76.8 Å². The van der Waals surface area contributed by atoms with Gasteiger partial charge in [0.25, 0.3) is 0 Å². The van der Waals surface area contributed by atoms with Crippen LogP contribution in [0.2, 0.25) is 0 Å². The molecule has 0 saturated heterocycles. The van der Waals surface area contributed by atoms with Gasteiger partial charge in [-0.05, 0) is 40.6 Å². The van der Waals surface area contributed by atoms with Crippen LogP contribution < -0.4 is 4.74 Å². The van der Waals surface area contributed by atoms with Crippen LogP contribution >= 0.6 is 15.9 Å². The predicted molar refractivity (Wildman–Crippen MR) is 87.3 cm³/mol. The van der Waals surface area contributed by atoms with Gasteiger partial charge in [0.1, 0.15) is 5.75 Å². The van der Waals surface area contributed by atoms with Crippen molar-refractivity contribution in [2.45, 2.75) is 6.42 Å². The van der Waals surface area contributed by atoms with Crippen molar-refractivity contribution in [3.8, 4) is 5.75 Å². The molecule has 0 atom stereocenters. The molecule has 0 fully saturated rings. The number of fused-ring (bicyclic) bond motifs is 1. The molecule has 0 aliphatic heterocycles. The van der Waals surface area contributed by atoms with E-state index >= 15 is 0 Å². The molecule has 1 nitrogen and oxygen atoms in total. The zero-order valence-electron chi connectivity index (χ0n) is 11.1. The first kappa shape index (κ1) is 13.2. The Morgan fingerprint density at radius 3 is 2.40 bits per heavy atom. The quantitative estimate of drug-likeness (QED) is 0.638. The maximum Gasteiger partial charge on any atom is 0.119 e. The van der Waals surface area contributed by atoms with Gasteiger partial charge in [0.05, 0.1) is 6.61 Å². The van der Waals surface area contributed by atoms with Crippen molar-refractivity contribution in [3.63, 3.8) is 0 Å².